The smallest absolute Gasteiger partial charge is 0.270 e. The van der Waals surface area contributed by atoms with Crippen LogP contribution in [0.1, 0.15) is 55.1 Å². The van der Waals surface area contributed by atoms with E-state index in [0.717, 1.165) is 43.7 Å². The minimum absolute atomic E-state index is 0.192. The first-order valence-corrected chi connectivity index (χ1v) is 11.0. The Kier molecular flexibility index (Phi) is 5.86. The lowest BCUT2D eigenvalue weighted by Gasteiger charge is -2.40. The Bertz CT molecular complexity index is 794. The average Bonchev–Trinajstić information content (AvgIpc) is 3.19. The van der Waals surface area contributed by atoms with Crippen molar-refractivity contribution in [2.45, 2.75) is 58.5 Å². The summed E-state index contributed by atoms with van der Waals surface area (Å²) < 4.78 is 2.11. The number of carbonyl (C=O) groups excluding carboxylic acids is 1. The molecule has 0 spiro atoms. The van der Waals surface area contributed by atoms with E-state index in [1.54, 1.807) is 0 Å². The summed E-state index contributed by atoms with van der Waals surface area (Å²) in [6.07, 6.45) is 8.41. The highest BCUT2D eigenvalue weighted by Gasteiger charge is 2.29. The first-order chi connectivity index (χ1) is 13.7. The summed E-state index contributed by atoms with van der Waals surface area (Å²) in [6, 6.07) is 11.3. The number of piperidine rings is 2. The van der Waals surface area contributed by atoms with Crippen molar-refractivity contribution in [2.75, 3.05) is 26.2 Å². The van der Waals surface area contributed by atoms with E-state index in [0.29, 0.717) is 6.04 Å². The highest BCUT2D eigenvalue weighted by Crippen LogP contribution is 2.26. The van der Waals surface area contributed by atoms with Crippen molar-refractivity contribution in [1.29, 1.82) is 0 Å². The van der Waals surface area contributed by atoms with E-state index in [1.807, 2.05) is 0 Å². The first kappa shape index (κ1) is 19.3. The number of nitrogens with zero attached hydrogens (tertiary/aromatic N) is 3. The fraction of sp³-hybridized carbons (Fsp3) is 0.542. The van der Waals surface area contributed by atoms with Gasteiger partial charge in [0.25, 0.3) is 5.91 Å². The normalized spacial score (nSPS) is 19.1. The Morgan fingerprint density at radius 1 is 0.964 bits per heavy atom. The van der Waals surface area contributed by atoms with Crippen LogP contribution >= 0.6 is 0 Å². The van der Waals surface area contributed by atoms with Gasteiger partial charge >= 0.3 is 0 Å². The van der Waals surface area contributed by atoms with Crippen LogP contribution in [0.15, 0.2) is 36.5 Å². The average molecular weight is 380 g/mol. The van der Waals surface area contributed by atoms with E-state index in [-0.39, 0.29) is 5.91 Å². The number of rotatable bonds is 4. The van der Waals surface area contributed by atoms with Crippen molar-refractivity contribution < 1.29 is 4.79 Å². The highest BCUT2D eigenvalue weighted by atomic mass is 16.2. The Hall–Kier alpha value is -2.07. The lowest BCUT2D eigenvalue weighted by Crippen LogP contribution is -2.48. The molecule has 0 N–H and O–H groups in total. The van der Waals surface area contributed by atoms with E-state index in [9.17, 15) is 4.79 Å². The molecule has 2 fully saturated rings. The summed E-state index contributed by atoms with van der Waals surface area (Å²) in [4.78, 5) is 18.0. The van der Waals surface area contributed by atoms with Crippen molar-refractivity contribution in [3.8, 4) is 11.1 Å². The molecular weight excluding hydrogens is 346 g/mol. The Morgan fingerprint density at radius 3 is 2.29 bits per heavy atom. The van der Waals surface area contributed by atoms with E-state index in [1.165, 1.54) is 43.5 Å². The van der Waals surface area contributed by atoms with Gasteiger partial charge in [0, 0.05) is 37.4 Å². The fourth-order valence-electron chi connectivity index (χ4n) is 4.73. The van der Waals surface area contributed by atoms with Crippen LogP contribution < -0.4 is 0 Å². The number of hydrogen-bond donors (Lipinski definition) is 0. The molecule has 3 heterocycles. The van der Waals surface area contributed by atoms with Gasteiger partial charge in [-0.05, 0) is 64.3 Å². The van der Waals surface area contributed by atoms with Crippen molar-refractivity contribution >= 4 is 5.91 Å². The Labute approximate surface area is 169 Å². The molecular formula is C24H33N3O. The molecule has 0 aliphatic carbocycles. The third-order valence-electron chi connectivity index (χ3n) is 6.50. The maximum absolute atomic E-state index is 13.3. The summed E-state index contributed by atoms with van der Waals surface area (Å²) in [7, 11) is 0. The third kappa shape index (κ3) is 4.02. The van der Waals surface area contributed by atoms with E-state index < -0.39 is 0 Å². The van der Waals surface area contributed by atoms with Gasteiger partial charge in [0.05, 0.1) is 0 Å². The largest absolute Gasteiger partial charge is 0.343 e. The minimum Gasteiger partial charge on any atom is -0.343 e. The van der Waals surface area contributed by atoms with Crippen LogP contribution in [0.2, 0.25) is 0 Å². The molecule has 2 aromatic rings. The second-order valence-corrected chi connectivity index (χ2v) is 8.39. The molecule has 150 valence electrons. The van der Waals surface area contributed by atoms with Gasteiger partial charge in [0.2, 0.25) is 0 Å². The Morgan fingerprint density at radius 2 is 1.64 bits per heavy atom. The molecule has 0 radical (unpaired) electrons. The van der Waals surface area contributed by atoms with E-state index in [4.69, 9.17) is 0 Å². The highest BCUT2D eigenvalue weighted by molar-refractivity contribution is 5.94. The molecule has 1 aromatic carbocycles. The Balaban J connectivity index is 1.45. The zero-order valence-electron chi connectivity index (χ0n) is 17.4. The van der Waals surface area contributed by atoms with Crippen LogP contribution in [-0.2, 0) is 6.54 Å². The molecule has 1 aromatic heterocycles. The van der Waals surface area contributed by atoms with Crippen LogP contribution in [0.25, 0.3) is 11.1 Å². The lowest BCUT2D eigenvalue weighted by molar-refractivity contribution is 0.0580. The molecule has 0 atom stereocenters. The summed E-state index contributed by atoms with van der Waals surface area (Å²) in [6.45, 7) is 9.29. The molecule has 1 amide bonds. The molecule has 4 nitrogen and oxygen atoms in total. The maximum atomic E-state index is 13.3. The van der Waals surface area contributed by atoms with Crippen LogP contribution in [0.5, 0.6) is 0 Å². The van der Waals surface area contributed by atoms with Crippen LogP contribution in [0.3, 0.4) is 0 Å². The first-order valence-electron chi connectivity index (χ1n) is 11.0. The number of amides is 1. The number of likely N-dealkylation sites (tertiary alicyclic amines) is 2. The van der Waals surface area contributed by atoms with Crippen LogP contribution in [0, 0.1) is 6.92 Å². The lowest BCUT2D eigenvalue weighted by atomic mass is 9.99. The molecule has 2 aliphatic heterocycles. The van der Waals surface area contributed by atoms with Gasteiger partial charge in [-0.1, -0.05) is 36.2 Å². The van der Waals surface area contributed by atoms with Crippen LogP contribution in [-0.4, -0.2) is 52.5 Å². The van der Waals surface area contributed by atoms with Gasteiger partial charge in [-0.3, -0.25) is 4.79 Å². The van der Waals surface area contributed by atoms with Crippen molar-refractivity contribution in [3.05, 3.63) is 47.8 Å². The standard InChI is InChI=1S/C24H33N3O/c1-3-25-18-21(20-9-7-19(2)8-10-20)17-23(25)24(28)27-15-11-22(12-16-27)26-13-5-4-6-14-26/h7-10,17-18,22H,3-6,11-16H2,1-2H3. The molecule has 0 saturated carbocycles. The third-order valence-corrected chi connectivity index (χ3v) is 6.50. The second kappa shape index (κ2) is 8.52. The molecule has 2 saturated heterocycles. The summed E-state index contributed by atoms with van der Waals surface area (Å²) in [5, 5.41) is 0. The number of benzene rings is 1. The topological polar surface area (TPSA) is 28.5 Å². The second-order valence-electron chi connectivity index (χ2n) is 8.39. The summed E-state index contributed by atoms with van der Waals surface area (Å²) in [5.41, 5.74) is 4.39. The molecule has 28 heavy (non-hydrogen) atoms. The zero-order valence-corrected chi connectivity index (χ0v) is 17.4. The maximum Gasteiger partial charge on any atom is 0.270 e. The van der Waals surface area contributed by atoms with Gasteiger partial charge in [-0.15, -0.1) is 0 Å². The number of aryl methyl sites for hydroxylation is 2. The van der Waals surface area contributed by atoms with Crippen LogP contribution in [0.4, 0.5) is 0 Å². The molecule has 4 rings (SSSR count). The number of carbonyl (C=O) groups is 1. The van der Waals surface area contributed by atoms with Gasteiger partial charge < -0.3 is 14.4 Å². The van der Waals surface area contributed by atoms with Gasteiger partial charge in [0.1, 0.15) is 5.69 Å². The van der Waals surface area contributed by atoms with Crippen molar-refractivity contribution in [2.24, 2.45) is 0 Å². The van der Waals surface area contributed by atoms with Gasteiger partial charge in [0.15, 0.2) is 0 Å². The summed E-state index contributed by atoms with van der Waals surface area (Å²) in [5.74, 6) is 0.192. The molecule has 4 heteroatoms. The monoisotopic (exact) mass is 379 g/mol. The molecule has 0 unspecified atom stereocenters. The SMILES string of the molecule is CCn1cc(-c2ccc(C)cc2)cc1C(=O)N1CCC(N2CCCCC2)CC1. The minimum atomic E-state index is 0.192. The quantitative estimate of drug-likeness (QED) is 0.778. The van der Waals surface area contributed by atoms with E-state index in [2.05, 4.69) is 64.7 Å². The van der Waals surface area contributed by atoms with Gasteiger partial charge in [-0.2, -0.15) is 0 Å². The molecule has 0 bridgehead atoms. The predicted molar refractivity (Wildman–Crippen MR) is 115 cm³/mol. The van der Waals surface area contributed by atoms with Gasteiger partial charge in [-0.25, -0.2) is 0 Å². The van der Waals surface area contributed by atoms with Crippen molar-refractivity contribution in [1.82, 2.24) is 14.4 Å². The predicted octanol–water partition coefficient (Wildman–Crippen LogP) is 4.57. The van der Waals surface area contributed by atoms with Crippen molar-refractivity contribution in [3.63, 3.8) is 0 Å². The fourth-order valence-corrected chi connectivity index (χ4v) is 4.73. The zero-order chi connectivity index (χ0) is 19.5. The summed E-state index contributed by atoms with van der Waals surface area (Å²) >= 11 is 0. The number of hydrogen-bond acceptors (Lipinski definition) is 2. The van der Waals surface area contributed by atoms with E-state index >= 15 is 0 Å². The molecule has 2 aliphatic rings. The number of aromatic nitrogens is 1.